The van der Waals surface area contributed by atoms with E-state index < -0.39 is 11.6 Å². The Balaban J connectivity index is 1.15. The van der Waals surface area contributed by atoms with E-state index in [4.69, 9.17) is 9.47 Å². The van der Waals surface area contributed by atoms with Crippen molar-refractivity contribution in [2.45, 2.75) is 76.2 Å². The van der Waals surface area contributed by atoms with E-state index >= 15 is 8.78 Å². The van der Waals surface area contributed by atoms with Gasteiger partial charge in [0.2, 0.25) is 0 Å². The molecular weight excluding hydrogens is 449 g/mol. The third-order valence-corrected chi connectivity index (χ3v) is 8.24. The fourth-order valence-electron chi connectivity index (χ4n) is 6.03. The lowest BCUT2D eigenvalue weighted by Crippen LogP contribution is -2.20. The van der Waals surface area contributed by atoms with Crippen LogP contribution in [-0.2, 0) is 4.74 Å². The third kappa shape index (κ3) is 5.61. The zero-order valence-electron chi connectivity index (χ0n) is 20.4. The van der Waals surface area contributed by atoms with Gasteiger partial charge in [0.1, 0.15) is 6.10 Å². The summed E-state index contributed by atoms with van der Waals surface area (Å²) in [5.41, 5.74) is 1.91. The summed E-state index contributed by atoms with van der Waals surface area (Å²) in [6.45, 7) is 3.12. The van der Waals surface area contributed by atoms with E-state index in [-0.39, 0.29) is 35.4 Å². The number of ether oxygens (including phenoxy) is 2. The van der Waals surface area contributed by atoms with E-state index in [1.165, 1.54) is 6.07 Å². The van der Waals surface area contributed by atoms with Crippen molar-refractivity contribution in [3.8, 4) is 5.75 Å². The van der Waals surface area contributed by atoms with E-state index in [1.807, 2.05) is 25.1 Å². The Morgan fingerprint density at radius 3 is 2.00 bits per heavy atom. The molecule has 1 saturated heterocycles. The molecule has 0 aromatic heterocycles. The van der Waals surface area contributed by atoms with E-state index in [2.05, 4.69) is 12.2 Å². The molecule has 5 heteroatoms. The van der Waals surface area contributed by atoms with Gasteiger partial charge in [-0.3, -0.25) is 0 Å². The molecule has 1 aliphatic heterocycles. The lowest BCUT2D eigenvalue weighted by Gasteiger charge is -2.30. The van der Waals surface area contributed by atoms with Crippen molar-refractivity contribution in [3.63, 3.8) is 0 Å². The number of allylic oxidation sites excluding steroid dienone is 2. The summed E-state index contributed by atoms with van der Waals surface area (Å²) in [5, 5.41) is 0. The summed E-state index contributed by atoms with van der Waals surface area (Å²) in [6.07, 6.45) is 11.5. The van der Waals surface area contributed by atoms with Gasteiger partial charge in [-0.25, -0.2) is 13.2 Å². The first-order chi connectivity index (χ1) is 17.0. The predicted molar refractivity (Wildman–Crippen MR) is 131 cm³/mol. The summed E-state index contributed by atoms with van der Waals surface area (Å²) in [6, 6.07) is 8.67. The van der Waals surface area contributed by atoms with Crippen molar-refractivity contribution >= 4 is 0 Å². The van der Waals surface area contributed by atoms with Crippen molar-refractivity contribution in [3.05, 3.63) is 76.6 Å². The average Bonchev–Trinajstić information content (AvgIpc) is 3.72. The quantitative estimate of drug-likeness (QED) is 0.291. The molecule has 5 rings (SSSR count). The second-order valence-electron chi connectivity index (χ2n) is 10.5. The summed E-state index contributed by atoms with van der Waals surface area (Å²) in [5.74, 6) is -0.404. The molecule has 1 heterocycles. The van der Waals surface area contributed by atoms with Crippen LogP contribution in [0.4, 0.5) is 13.2 Å². The first-order valence-electron chi connectivity index (χ1n) is 13.2. The molecule has 0 radical (unpaired) electrons. The van der Waals surface area contributed by atoms with Gasteiger partial charge in [-0.2, -0.15) is 0 Å². The van der Waals surface area contributed by atoms with E-state index in [0.29, 0.717) is 30.3 Å². The van der Waals surface area contributed by atoms with Crippen molar-refractivity contribution < 1.29 is 22.6 Å². The Kier molecular flexibility index (Phi) is 7.52. The molecule has 1 atom stereocenters. The smallest absolute Gasteiger partial charge is 0.165 e. The number of hydrogen-bond acceptors (Lipinski definition) is 2. The molecule has 0 spiro atoms. The molecule has 0 bridgehead atoms. The number of rotatable bonds is 7. The summed E-state index contributed by atoms with van der Waals surface area (Å²) >= 11 is 0. The maximum atomic E-state index is 15.1. The van der Waals surface area contributed by atoms with Crippen molar-refractivity contribution in [1.82, 2.24) is 0 Å². The third-order valence-electron chi connectivity index (χ3n) is 8.24. The van der Waals surface area contributed by atoms with Crippen molar-refractivity contribution in [1.29, 1.82) is 0 Å². The maximum Gasteiger partial charge on any atom is 0.165 e. The van der Waals surface area contributed by atoms with Crippen molar-refractivity contribution in [2.24, 2.45) is 11.8 Å². The first kappa shape index (κ1) is 24.4. The van der Waals surface area contributed by atoms with Gasteiger partial charge < -0.3 is 9.47 Å². The Hall–Kier alpha value is -2.27. The largest absolute Gasteiger partial charge is 0.490 e. The van der Waals surface area contributed by atoms with E-state index in [1.54, 1.807) is 6.07 Å². The Morgan fingerprint density at radius 1 is 0.857 bits per heavy atom. The Bertz CT molecular complexity index is 1050. The van der Waals surface area contributed by atoms with E-state index in [9.17, 15) is 4.39 Å². The summed E-state index contributed by atoms with van der Waals surface area (Å²) in [4.78, 5) is 0. The highest BCUT2D eigenvalue weighted by molar-refractivity contribution is 5.33. The minimum atomic E-state index is -0.653. The zero-order chi connectivity index (χ0) is 24.4. The summed E-state index contributed by atoms with van der Waals surface area (Å²) in [7, 11) is 0. The highest BCUT2D eigenvalue weighted by Gasteiger charge is 2.30. The van der Waals surface area contributed by atoms with Gasteiger partial charge in [0, 0.05) is 0 Å². The molecule has 3 fully saturated rings. The minimum Gasteiger partial charge on any atom is -0.490 e. The van der Waals surface area contributed by atoms with Crippen LogP contribution in [0.5, 0.6) is 5.75 Å². The lowest BCUT2D eigenvalue weighted by molar-refractivity contribution is 0.193. The predicted octanol–water partition coefficient (Wildman–Crippen LogP) is 8.38. The molecule has 3 aliphatic rings. The average molecular weight is 485 g/mol. The Labute approximate surface area is 206 Å². The van der Waals surface area contributed by atoms with Crippen LogP contribution in [-0.4, -0.2) is 13.2 Å². The molecule has 188 valence electrons. The van der Waals surface area contributed by atoms with Gasteiger partial charge in [0.05, 0.1) is 13.2 Å². The topological polar surface area (TPSA) is 21.8 Å². The molecular formula is C30H35F3O2. The highest BCUT2D eigenvalue weighted by atomic mass is 19.2. The van der Waals surface area contributed by atoms with Gasteiger partial charge in [0.25, 0.3) is 0 Å². The lowest BCUT2D eigenvalue weighted by atomic mass is 9.76. The molecule has 35 heavy (non-hydrogen) atoms. The van der Waals surface area contributed by atoms with Gasteiger partial charge in [0.15, 0.2) is 23.2 Å². The molecule has 2 aromatic rings. The highest BCUT2D eigenvalue weighted by Crippen LogP contribution is 2.42. The maximum absolute atomic E-state index is 15.1. The van der Waals surface area contributed by atoms with Crippen LogP contribution in [0.3, 0.4) is 0 Å². The van der Waals surface area contributed by atoms with Crippen LogP contribution in [0.15, 0.2) is 42.5 Å². The second kappa shape index (κ2) is 10.8. The van der Waals surface area contributed by atoms with Gasteiger partial charge >= 0.3 is 0 Å². The normalized spacial score (nSPS) is 28.9. The molecule has 1 unspecified atom stereocenters. The van der Waals surface area contributed by atoms with Gasteiger partial charge in [-0.1, -0.05) is 30.4 Å². The molecule has 2 aliphatic carbocycles. The number of halogens is 3. The van der Waals surface area contributed by atoms with Crippen molar-refractivity contribution in [2.75, 3.05) is 13.2 Å². The van der Waals surface area contributed by atoms with Crippen LogP contribution in [0, 0.1) is 29.3 Å². The van der Waals surface area contributed by atoms with Crippen LogP contribution in [0.1, 0.15) is 92.9 Å². The number of epoxide rings is 1. The van der Waals surface area contributed by atoms with Gasteiger partial charge in [-0.15, -0.1) is 0 Å². The summed E-state index contributed by atoms with van der Waals surface area (Å²) < 4.78 is 55.5. The van der Waals surface area contributed by atoms with Crippen LogP contribution in [0.25, 0.3) is 0 Å². The van der Waals surface area contributed by atoms with Crippen LogP contribution < -0.4 is 4.74 Å². The van der Waals surface area contributed by atoms with Crippen LogP contribution in [0.2, 0.25) is 0 Å². The molecule has 2 saturated carbocycles. The fraction of sp³-hybridized carbons (Fsp3) is 0.533. The Morgan fingerprint density at radius 2 is 1.46 bits per heavy atom. The monoisotopic (exact) mass is 484 g/mol. The fourth-order valence-corrected chi connectivity index (χ4v) is 6.03. The molecule has 2 nitrogen and oxygen atoms in total. The number of benzene rings is 2. The second-order valence-corrected chi connectivity index (χ2v) is 10.5. The first-order valence-corrected chi connectivity index (χ1v) is 13.2. The molecule has 0 N–H and O–H groups in total. The van der Waals surface area contributed by atoms with Crippen LogP contribution >= 0.6 is 0 Å². The van der Waals surface area contributed by atoms with E-state index in [0.717, 1.165) is 56.9 Å². The zero-order valence-corrected chi connectivity index (χ0v) is 20.4. The number of hydrogen-bond donors (Lipinski definition) is 0. The molecule has 2 aromatic carbocycles. The standard InChI is InChI=1S/C30H35F3O2/c1-2-3-19-4-8-21(9-5-19)24-13-14-25(30(33)29(24)32)22-10-6-20(7-11-22)17-34-27-15-12-23(16-26(27)31)28-18-35-28/h2-3,12-16,19-22,28H,4-11,17-18H2,1H3/b3-2+. The minimum absolute atomic E-state index is 0.0198. The SMILES string of the molecule is C/C=C/C1CCC(c2ccc(C3CCC(COc4ccc(C5CO5)cc4F)CC3)c(F)c2F)CC1. The van der Waals surface area contributed by atoms with Gasteiger partial charge in [-0.05, 0) is 111 Å². The molecule has 0 amide bonds.